The smallest absolute Gasteiger partial charge is 0.261 e. The minimum atomic E-state index is -0.0590. The third-order valence-electron chi connectivity index (χ3n) is 2.76. The normalized spacial score (nSPS) is 11.1. The van der Waals surface area contributed by atoms with Crippen molar-refractivity contribution in [2.75, 3.05) is 0 Å². The van der Waals surface area contributed by atoms with Crippen LogP contribution in [0, 0.1) is 13.8 Å². The Kier molecular flexibility index (Phi) is 3.08. The van der Waals surface area contributed by atoms with Crippen LogP contribution in [0.4, 0.5) is 0 Å². The van der Waals surface area contributed by atoms with E-state index in [0.717, 1.165) is 21.4 Å². The summed E-state index contributed by atoms with van der Waals surface area (Å²) in [5.41, 5.74) is 1.84. The second-order valence-corrected chi connectivity index (χ2v) is 6.23. The molecule has 0 saturated heterocycles. The molecule has 1 N–H and O–H groups in total. The van der Waals surface area contributed by atoms with Gasteiger partial charge in [-0.25, -0.2) is 9.50 Å². The van der Waals surface area contributed by atoms with Gasteiger partial charge in [-0.3, -0.25) is 4.79 Å². The highest BCUT2D eigenvalue weighted by Gasteiger charge is 2.14. The number of aryl methyl sites for hydroxylation is 2. The van der Waals surface area contributed by atoms with E-state index in [1.54, 1.807) is 11.3 Å². The van der Waals surface area contributed by atoms with E-state index in [9.17, 15) is 4.79 Å². The Hall–Kier alpha value is -1.73. The van der Waals surface area contributed by atoms with Gasteiger partial charge in [0.2, 0.25) is 4.96 Å². The van der Waals surface area contributed by atoms with E-state index < -0.39 is 0 Å². The summed E-state index contributed by atoms with van der Waals surface area (Å²) in [7, 11) is 0. The molecule has 0 atom stereocenters. The first-order valence-electron chi connectivity index (χ1n) is 5.78. The van der Waals surface area contributed by atoms with E-state index >= 15 is 0 Å². The minimum Gasteiger partial charge on any atom is -0.346 e. The number of nitrogens with one attached hydrogen (secondary N) is 1. The maximum Gasteiger partial charge on any atom is 0.261 e. The van der Waals surface area contributed by atoms with Gasteiger partial charge in [-0.15, -0.1) is 11.3 Å². The van der Waals surface area contributed by atoms with Crippen molar-refractivity contribution in [2.24, 2.45) is 0 Å². The zero-order valence-corrected chi connectivity index (χ0v) is 12.1. The van der Waals surface area contributed by atoms with Gasteiger partial charge in [0, 0.05) is 0 Å². The van der Waals surface area contributed by atoms with Crippen LogP contribution in [-0.2, 0) is 6.54 Å². The molecule has 0 aliphatic rings. The van der Waals surface area contributed by atoms with Crippen LogP contribution in [0.2, 0.25) is 0 Å². The summed E-state index contributed by atoms with van der Waals surface area (Å²) < 4.78 is 1.81. The Balaban J connectivity index is 1.81. The first kappa shape index (κ1) is 12.3. The number of thiophene rings is 1. The number of nitrogens with zero attached hydrogens (tertiary/aromatic N) is 3. The number of rotatable bonds is 3. The van der Waals surface area contributed by atoms with Crippen LogP contribution in [-0.4, -0.2) is 20.5 Å². The fourth-order valence-electron chi connectivity index (χ4n) is 1.85. The van der Waals surface area contributed by atoms with Crippen LogP contribution < -0.4 is 5.32 Å². The summed E-state index contributed by atoms with van der Waals surface area (Å²) >= 11 is 2.98. The highest BCUT2D eigenvalue weighted by Crippen LogP contribution is 2.18. The molecule has 3 aromatic heterocycles. The molecule has 3 rings (SSSR count). The number of fused-ring (bicyclic) bond motifs is 1. The van der Waals surface area contributed by atoms with E-state index in [4.69, 9.17) is 0 Å². The van der Waals surface area contributed by atoms with Crippen LogP contribution >= 0.6 is 22.7 Å². The average Bonchev–Trinajstić information content (AvgIpc) is 3.03. The van der Waals surface area contributed by atoms with E-state index in [0.29, 0.717) is 11.4 Å². The predicted octanol–water partition coefficient (Wildman–Crippen LogP) is 2.40. The van der Waals surface area contributed by atoms with Crippen molar-refractivity contribution in [3.63, 3.8) is 0 Å². The molecule has 0 aliphatic heterocycles. The molecule has 5 nitrogen and oxygen atoms in total. The molecule has 0 saturated carbocycles. The molecule has 7 heteroatoms. The van der Waals surface area contributed by atoms with E-state index in [1.165, 1.54) is 11.3 Å². The number of hydrogen-bond acceptors (Lipinski definition) is 5. The van der Waals surface area contributed by atoms with Gasteiger partial charge in [0.05, 0.1) is 22.8 Å². The fraction of sp³-hybridized carbons (Fsp3) is 0.250. The van der Waals surface area contributed by atoms with Crippen molar-refractivity contribution in [3.8, 4) is 0 Å². The third-order valence-corrected chi connectivity index (χ3v) is 4.45. The predicted molar refractivity (Wildman–Crippen MR) is 75.8 cm³/mol. The first-order chi connectivity index (χ1) is 9.15. The van der Waals surface area contributed by atoms with Crippen molar-refractivity contribution < 1.29 is 4.79 Å². The van der Waals surface area contributed by atoms with Crippen molar-refractivity contribution in [1.82, 2.24) is 19.9 Å². The number of aromatic nitrogens is 3. The van der Waals surface area contributed by atoms with E-state index in [2.05, 4.69) is 15.4 Å². The molecule has 19 heavy (non-hydrogen) atoms. The number of carbonyl (C=O) groups excluding carboxylic acids is 1. The number of carbonyl (C=O) groups is 1. The molecule has 1 amide bonds. The van der Waals surface area contributed by atoms with Gasteiger partial charge in [0.25, 0.3) is 5.91 Å². The minimum absolute atomic E-state index is 0.0590. The highest BCUT2D eigenvalue weighted by atomic mass is 32.1. The number of amides is 1. The van der Waals surface area contributed by atoms with Gasteiger partial charge in [0.1, 0.15) is 5.01 Å². The fourth-order valence-corrected chi connectivity index (χ4v) is 3.30. The molecule has 0 fully saturated rings. The van der Waals surface area contributed by atoms with E-state index in [-0.39, 0.29) is 5.91 Å². The molecule has 0 unspecified atom stereocenters. The largest absolute Gasteiger partial charge is 0.346 e. The zero-order valence-electron chi connectivity index (χ0n) is 10.5. The molecule has 0 aromatic carbocycles. The lowest BCUT2D eigenvalue weighted by Gasteiger charge is -2.03. The molecular formula is C12H12N4OS2. The van der Waals surface area contributed by atoms with Crippen molar-refractivity contribution in [3.05, 3.63) is 38.8 Å². The van der Waals surface area contributed by atoms with Crippen LogP contribution in [0.3, 0.4) is 0 Å². The van der Waals surface area contributed by atoms with Gasteiger partial charge in [-0.2, -0.15) is 5.10 Å². The first-order valence-corrected chi connectivity index (χ1v) is 7.48. The summed E-state index contributed by atoms with van der Waals surface area (Å²) in [6.07, 6.45) is 0. The maximum absolute atomic E-state index is 11.9. The Bertz CT molecular complexity index is 726. The number of hydrogen-bond donors (Lipinski definition) is 1. The lowest BCUT2D eigenvalue weighted by atomic mass is 10.3. The SMILES string of the molecule is Cc1nn2c(CNC(=O)c3cccs3)c(C)nc2s1. The summed E-state index contributed by atoms with van der Waals surface area (Å²) in [4.78, 5) is 17.9. The van der Waals surface area contributed by atoms with Crippen molar-refractivity contribution >= 4 is 33.5 Å². The second kappa shape index (κ2) is 4.75. The lowest BCUT2D eigenvalue weighted by Crippen LogP contribution is -2.23. The van der Waals surface area contributed by atoms with Gasteiger partial charge >= 0.3 is 0 Å². The summed E-state index contributed by atoms with van der Waals surface area (Å²) in [5, 5.41) is 10.2. The average molecular weight is 292 g/mol. The quantitative estimate of drug-likeness (QED) is 0.806. The van der Waals surface area contributed by atoms with Crippen LogP contribution in [0.5, 0.6) is 0 Å². The Labute approximate surface area is 117 Å². The Morgan fingerprint density at radius 1 is 1.47 bits per heavy atom. The van der Waals surface area contributed by atoms with Gasteiger partial charge in [0.15, 0.2) is 0 Å². The molecule has 3 heterocycles. The van der Waals surface area contributed by atoms with Crippen LogP contribution in [0.15, 0.2) is 17.5 Å². The Morgan fingerprint density at radius 2 is 2.32 bits per heavy atom. The highest BCUT2D eigenvalue weighted by molar-refractivity contribution is 7.16. The summed E-state index contributed by atoms with van der Waals surface area (Å²) in [6, 6.07) is 3.68. The van der Waals surface area contributed by atoms with Gasteiger partial charge in [-0.05, 0) is 25.3 Å². The third kappa shape index (κ3) is 2.26. The van der Waals surface area contributed by atoms with Gasteiger partial charge < -0.3 is 5.32 Å². The van der Waals surface area contributed by atoms with Crippen molar-refractivity contribution in [1.29, 1.82) is 0 Å². The number of imidazole rings is 1. The topological polar surface area (TPSA) is 59.3 Å². The maximum atomic E-state index is 11.9. The van der Waals surface area contributed by atoms with E-state index in [1.807, 2.05) is 35.9 Å². The molecule has 0 spiro atoms. The second-order valence-electron chi connectivity index (χ2n) is 4.12. The van der Waals surface area contributed by atoms with Crippen molar-refractivity contribution in [2.45, 2.75) is 20.4 Å². The monoisotopic (exact) mass is 292 g/mol. The Morgan fingerprint density at radius 3 is 3.05 bits per heavy atom. The standard InChI is InChI=1S/C12H12N4OS2/c1-7-9(16-12(14-7)19-8(2)15-16)6-13-11(17)10-4-3-5-18-10/h3-5H,6H2,1-2H3,(H,13,17). The van der Waals surface area contributed by atoms with Gasteiger partial charge in [-0.1, -0.05) is 17.4 Å². The van der Waals surface area contributed by atoms with Crippen LogP contribution in [0.25, 0.3) is 4.96 Å². The zero-order chi connectivity index (χ0) is 13.4. The molecule has 0 radical (unpaired) electrons. The summed E-state index contributed by atoms with van der Waals surface area (Å²) in [5.74, 6) is -0.0590. The molecule has 0 bridgehead atoms. The molecule has 0 aliphatic carbocycles. The molecule has 3 aromatic rings. The molecular weight excluding hydrogens is 280 g/mol. The lowest BCUT2D eigenvalue weighted by molar-refractivity contribution is 0.0954. The molecule has 98 valence electrons. The van der Waals surface area contributed by atoms with Crippen LogP contribution in [0.1, 0.15) is 26.1 Å². The summed E-state index contributed by atoms with van der Waals surface area (Å²) in [6.45, 7) is 4.32.